The van der Waals surface area contributed by atoms with E-state index in [0.717, 1.165) is 12.1 Å². The van der Waals surface area contributed by atoms with Crippen molar-refractivity contribution in [2.45, 2.75) is 51.6 Å². The summed E-state index contributed by atoms with van der Waals surface area (Å²) in [6.45, 7) is 7.04. The zero-order valence-corrected chi connectivity index (χ0v) is 9.34. The van der Waals surface area contributed by atoms with Gasteiger partial charge in [-0.1, -0.05) is 6.92 Å². The molecule has 0 spiro atoms. The van der Waals surface area contributed by atoms with Gasteiger partial charge in [-0.3, -0.25) is 0 Å². The minimum absolute atomic E-state index is 0.737. The Balaban J connectivity index is 2.10. The summed E-state index contributed by atoms with van der Waals surface area (Å²) >= 11 is 0. The van der Waals surface area contributed by atoms with Gasteiger partial charge in [0.2, 0.25) is 0 Å². The first kappa shape index (κ1) is 11.0. The highest BCUT2D eigenvalue weighted by Crippen LogP contribution is 2.10. The van der Waals surface area contributed by atoms with Crippen molar-refractivity contribution in [2.75, 3.05) is 20.1 Å². The van der Waals surface area contributed by atoms with Crippen LogP contribution in [0.1, 0.15) is 39.5 Å². The van der Waals surface area contributed by atoms with Gasteiger partial charge in [0.05, 0.1) is 0 Å². The van der Waals surface area contributed by atoms with E-state index in [1.165, 1.54) is 38.8 Å². The quantitative estimate of drug-likeness (QED) is 0.701. The molecule has 0 aliphatic carbocycles. The van der Waals surface area contributed by atoms with Crippen LogP contribution in [0.2, 0.25) is 0 Å². The first-order valence-electron chi connectivity index (χ1n) is 5.67. The normalized spacial score (nSPS) is 25.4. The van der Waals surface area contributed by atoms with Crippen LogP contribution in [0.25, 0.3) is 0 Å². The van der Waals surface area contributed by atoms with Gasteiger partial charge in [-0.05, 0) is 52.7 Å². The van der Waals surface area contributed by atoms with Gasteiger partial charge in [0.25, 0.3) is 0 Å². The Morgan fingerprint density at radius 2 is 2.31 bits per heavy atom. The van der Waals surface area contributed by atoms with Crippen LogP contribution >= 0.6 is 0 Å². The second-order valence-electron chi connectivity index (χ2n) is 4.32. The fraction of sp³-hybridized carbons (Fsp3) is 1.00. The van der Waals surface area contributed by atoms with Gasteiger partial charge in [-0.25, -0.2) is 0 Å². The van der Waals surface area contributed by atoms with E-state index >= 15 is 0 Å². The smallest absolute Gasteiger partial charge is 0.00797 e. The lowest BCUT2D eigenvalue weighted by Gasteiger charge is -2.24. The number of hydrogen-bond acceptors (Lipinski definition) is 2. The largest absolute Gasteiger partial charge is 0.314 e. The number of hydrogen-bond donors (Lipinski definition) is 1. The fourth-order valence-corrected chi connectivity index (χ4v) is 1.89. The summed E-state index contributed by atoms with van der Waals surface area (Å²) in [6, 6.07) is 1.54. The predicted molar refractivity (Wildman–Crippen MR) is 58.0 cm³/mol. The lowest BCUT2D eigenvalue weighted by Crippen LogP contribution is -2.33. The maximum absolute atomic E-state index is 3.54. The lowest BCUT2D eigenvalue weighted by molar-refractivity contribution is 0.240. The first-order chi connectivity index (χ1) is 6.24. The summed E-state index contributed by atoms with van der Waals surface area (Å²) in [4.78, 5) is 2.47. The maximum atomic E-state index is 3.54. The summed E-state index contributed by atoms with van der Waals surface area (Å²) < 4.78 is 0. The molecular formula is C11H24N2. The van der Waals surface area contributed by atoms with Crippen molar-refractivity contribution in [3.63, 3.8) is 0 Å². The van der Waals surface area contributed by atoms with E-state index in [1.54, 1.807) is 0 Å². The van der Waals surface area contributed by atoms with E-state index in [9.17, 15) is 0 Å². The zero-order valence-electron chi connectivity index (χ0n) is 9.34. The Hall–Kier alpha value is -0.0800. The molecule has 1 fully saturated rings. The van der Waals surface area contributed by atoms with Crippen molar-refractivity contribution in [3.8, 4) is 0 Å². The Morgan fingerprint density at radius 1 is 1.54 bits per heavy atom. The van der Waals surface area contributed by atoms with Gasteiger partial charge in [0.15, 0.2) is 0 Å². The maximum Gasteiger partial charge on any atom is 0.00797 e. The molecule has 13 heavy (non-hydrogen) atoms. The van der Waals surface area contributed by atoms with Gasteiger partial charge < -0.3 is 10.2 Å². The molecule has 78 valence electrons. The molecule has 0 bridgehead atoms. The van der Waals surface area contributed by atoms with Gasteiger partial charge in [0.1, 0.15) is 0 Å². The first-order valence-corrected chi connectivity index (χ1v) is 5.67. The van der Waals surface area contributed by atoms with Crippen molar-refractivity contribution >= 4 is 0 Å². The van der Waals surface area contributed by atoms with Crippen LogP contribution in [-0.2, 0) is 0 Å². The third kappa shape index (κ3) is 3.65. The Labute approximate surface area is 82.7 Å². The van der Waals surface area contributed by atoms with Crippen molar-refractivity contribution in [3.05, 3.63) is 0 Å². The van der Waals surface area contributed by atoms with Crippen LogP contribution < -0.4 is 5.32 Å². The molecule has 1 aliphatic heterocycles. The molecule has 0 saturated carbocycles. The molecule has 1 heterocycles. The predicted octanol–water partition coefficient (Wildman–Crippen LogP) is 1.86. The SMILES string of the molecule is CCC(C)N(C)CCC1CCCN1. The molecule has 2 atom stereocenters. The average Bonchev–Trinajstić information content (AvgIpc) is 2.65. The standard InChI is InChI=1S/C11H24N2/c1-4-10(2)13(3)9-7-11-6-5-8-12-11/h10-12H,4-9H2,1-3H3. The Bertz CT molecular complexity index is 130. The molecule has 0 aromatic rings. The Morgan fingerprint density at radius 3 is 2.85 bits per heavy atom. The summed E-state index contributed by atoms with van der Waals surface area (Å²) in [5.41, 5.74) is 0. The molecule has 2 heteroatoms. The summed E-state index contributed by atoms with van der Waals surface area (Å²) in [7, 11) is 2.24. The molecule has 0 aromatic heterocycles. The van der Waals surface area contributed by atoms with Crippen LogP contribution in [0.4, 0.5) is 0 Å². The lowest BCUT2D eigenvalue weighted by atomic mass is 10.1. The monoisotopic (exact) mass is 184 g/mol. The van der Waals surface area contributed by atoms with E-state index in [-0.39, 0.29) is 0 Å². The molecule has 1 N–H and O–H groups in total. The second-order valence-corrected chi connectivity index (χ2v) is 4.32. The van der Waals surface area contributed by atoms with Gasteiger partial charge in [0, 0.05) is 12.1 Å². The van der Waals surface area contributed by atoms with Crippen LogP contribution in [0.15, 0.2) is 0 Å². The Kier molecular flexibility index (Phi) is 4.74. The number of nitrogens with one attached hydrogen (secondary N) is 1. The molecule has 0 radical (unpaired) electrons. The molecule has 0 amide bonds. The van der Waals surface area contributed by atoms with Crippen molar-refractivity contribution < 1.29 is 0 Å². The van der Waals surface area contributed by atoms with E-state index in [0.29, 0.717) is 0 Å². The van der Waals surface area contributed by atoms with Crippen LogP contribution in [-0.4, -0.2) is 37.1 Å². The molecule has 0 aromatic carbocycles. The minimum Gasteiger partial charge on any atom is -0.314 e. The van der Waals surface area contributed by atoms with E-state index in [1.807, 2.05) is 0 Å². The molecule has 1 saturated heterocycles. The number of rotatable bonds is 5. The molecule has 2 nitrogen and oxygen atoms in total. The van der Waals surface area contributed by atoms with Crippen molar-refractivity contribution in [2.24, 2.45) is 0 Å². The summed E-state index contributed by atoms with van der Waals surface area (Å²) in [6.07, 6.45) is 5.33. The molecule has 2 unspecified atom stereocenters. The van der Waals surface area contributed by atoms with E-state index < -0.39 is 0 Å². The van der Waals surface area contributed by atoms with Gasteiger partial charge in [-0.2, -0.15) is 0 Å². The summed E-state index contributed by atoms with van der Waals surface area (Å²) in [5, 5.41) is 3.54. The van der Waals surface area contributed by atoms with Crippen molar-refractivity contribution in [1.29, 1.82) is 0 Å². The highest BCUT2D eigenvalue weighted by Gasteiger charge is 2.15. The van der Waals surface area contributed by atoms with Crippen LogP contribution in [0.3, 0.4) is 0 Å². The van der Waals surface area contributed by atoms with Crippen molar-refractivity contribution in [1.82, 2.24) is 10.2 Å². The minimum atomic E-state index is 0.737. The fourth-order valence-electron chi connectivity index (χ4n) is 1.89. The third-order valence-electron chi connectivity index (χ3n) is 3.34. The second kappa shape index (κ2) is 5.61. The highest BCUT2D eigenvalue weighted by atomic mass is 15.1. The van der Waals surface area contributed by atoms with E-state index in [2.05, 4.69) is 31.1 Å². The van der Waals surface area contributed by atoms with E-state index in [4.69, 9.17) is 0 Å². The number of nitrogens with zero attached hydrogens (tertiary/aromatic N) is 1. The topological polar surface area (TPSA) is 15.3 Å². The molecule has 1 aliphatic rings. The van der Waals surface area contributed by atoms with Crippen LogP contribution in [0, 0.1) is 0 Å². The highest BCUT2D eigenvalue weighted by molar-refractivity contribution is 4.75. The third-order valence-corrected chi connectivity index (χ3v) is 3.34. The van der Waals surface area contributed by atoms with Gasteiger partial charge in [-0.15, -0.1) is 0 Å². The zero-order chi connectivity index (χ0) is 9.68. The van der Waals surface area contributed by atoms with Gasteiger partial charge >= 0.3 is 0 Å². The average molecular weight is 184 g/mol. The molecular weight excluding hydrogens is 160 g/mol. The summed E-state index contributed by atoms with van der Waals surface area (Å²) in [5.74, 6) is 0. The molecule has 1 rings (SSSR count). The van der Waals surface area contributed by atoms with Crippen LogP contribution in [0.5, 0.6) is 0 Å².